The topological polar surface area (TPSA) is 74.6 Å². The lowest BCUT2D eigenvalue weighted by Gasteiger charge is -2.35. The van der Waals surface area contributed by atoms with Crippen LogP contribution in [0.4, 0.5) is 4.79 Å². The highest BCUT2D eigenvalue weighted by molar-refractivity contribution is 5.91. The number of fused-ring (bicyclic) bond motifs is 2. The number of nitrogens with zero attached hydrogens (tertiary/aromatic N) is 1. The van der Waals surface area contributed by atoms with Gasteiger partial charge in [0, 0.05) is 31.6 Å². The number of urea groups is 1. The summed E-state index contributed by atoms with van der Waals surface area (Å²) in [6, 6.07) is 11.6. The molecule has 2 heterocycles. The molecule has 130 valence electrons. The first-order valence-corrected chi connectivity index (χ1v) is 8.61. The van der Waals surface area contributed by atoms with Crippen LogP contribution in [0, 0.1) is 0 Å². The van der Waals surface area contributed by atoms with Crippen LogP contribution in [0.1, 0.15) is 34.5 Å². The number of carbonyl (C=O) groups excluding carboxylic acids is 2. The van der Waals surface area contributed by atoms with E-state index in [2.05, 4.69) is 28.8 Å². The Morgan fingerprint density at radius 3 is 2.64 bits per heavy atom. The second-order valence-corrected chi connectivity index (χ2v) is 6.76. The van der Waals surface area contributed by atoms with E-state index >= 15 is 0 Å². The van der Waals surface area contributed by atoms with E-state index in [4.69, 9.17) is 4.42 Å². The fourth-order valence-corrected chi connectivity index (χ4v) is 3.56. The van der Waals surface area contributed by atoms with E-state index in [1.165, 1.54) is 17.4 Å². The first-order chi connectivity index (χ1) is 12.2. The first kappa shape index (κ1) is 15.7. The predicted molar refractivity (Wildman–Crippen MR) is 92.2 cm³/mol. The van der Waals surface area contributed by atoms with Gasteiger partial charge in [0.2, 0.25) is 0 Å². The molecule has 0 radical (unpaired) electrons. The lowest BCUT2D eigenvalue weighted by atomic mass is 9.87. The molecular weight excluding hydrogens is 318 g/mol. The van der Waals surface area contributed by atoms with Gasteiger partial charge < -0.3 is 20.0 Å². The highest BCUT2D eigenvalue weighted by Crippen LogP contribution is 2.52. The monoisotopic (exact) mass is 339 g/mol. The number of benzene rings is 1. The minimum atomic E-state index is -0.275. The molecule has 0 saturated heterocycles. The van der Waals surface area contributed by atoms with Crippen molar-refractivity contribution >= 4 is 11.9 Å². The molecule has 1 aliphatic carbocycles. The molecule has 1 aromatic heterocycles. The Hall–Kier alpha value is -2.76. The van der Waals surface area contributed by atoms with Gasteiger partial charge in [-0.3, -0.25) is 4.79 Å². The molecule has 4 rings (SSSR count). The summed E-state index contributed by atoms with van der Waals surface area (Å²) in [4.78, 5) is 26.1. The van der Waals surface area contributed by atoms with Crippen LogP contribution < -0.4 is 10.6 Å². The third-order valence-corrected chi connectivity index (χ3v) is 5.02. The van der Waals surface area contributed by atoms with Crippen LogP contribution in [0.2, 0.25) is 0 Å². The van der Waals surface area contributed by atoms with E-state index in [0.29, 0.717) is 19.6 Å². The molecule has 0 bridgehead atoms. The molecular formula is C19H21N3O3. The van der Waals surface area contributed by atoms with Gasteiger partial charge in [-0.05, 0) is 36.1 Å². The average molecular weight is 339 g/mol. The average Bonchev–Trinajstić information content (AvgIpc) is 3.18. The van der Waals surface area contributed by atoms with E-state index in [1.54, 1.807) is 12.1 Å². The first-order valence-electron chi connectivity index (χ1n) is 8.61. The Kier molecular flexibility index (Phi) is 3.95. The number of amides is 3. The molecule has 1 saturated carbocycles. The normalized spacial score (nSPS) is 17.0. The van der Waals surface area contributed by atoms with Crippen molar-refractivity contribution in [2.24, 2.45) is 0 Å². The summed E-state index contributed by atoms with van der Waals surface area (Å²) in [5.41, 5.74) is 2.82. The van der Waals surface area contributed by atoms with Crippen molar-refractivity contribution in [3.8, 4) is 0 Å². The summed E-state index contributed by atoms with van der Waals surface area (Å²) < 4.78 is 5.02. The quantitative estimate of drug-likeness (QED) is 0.839. The Bertz CT molecular complexity index is 781. The highest BCUT2D eigenvalue weighted by Gasteiger charge is 2.49. The molecule has 2 aliphatic rings. The summed E-state index contributed by atoms with van der Waals surface area (Å²) in [6.07, 6.45) is 3.75. The summed E-state index contributed by atoms with van der Waals surface area (Å²) in [5, 5.41) is 5.61. The van der Waals surface area contributed by atoms with Gasteiger partial charge in [-0.15, -0.1) is 0 Å². The summed E-state index contributed by atoms with van der Waals surface area (Å²) in [5.74, 6) is -0.00211. The van der Waals surface area contributed by atoms with Crippen molar-refractivity contribution in [1.82, 2.24) is 15.5 Å². The van der Waals surface area contributed by atoms with Crippen molar-refractivity contribution in [2.45, 2.75) is 24.8 Å². The van der Waals surface area contributed by atoms with Gasteiger partial charge in [-0.25, -0.2) is 4.79 Å². The zero-order valence-corrected chi connectivity index (χ0v) is 14.0. The van der Waals surface area contributed by atoms with Gasteiger partial charge >= 0.3 is 6.03 Å². The van der Waals surface area contributed by atoms with Gasteiger partial charge in [0.15, 0.2) is 5.76 Å². The van der Waals surface area contributed by atoms with Crippen molar-refractivity contribution in [3.63, 3.8) is 0 Å². The SMILES string of the molecule is O=C(NCCNC(=O)N1Cc2ccccc2C2(CC2)C1)c1ccco1. The van der Waals surface area contributed by atoms with E-state index in [9.17, 15) is 9.59 Å². The zero-order chi connectivity index (χ0) is 17.3. The third-order valence-electron chi connectivity index (χ3n) is 5.02. The molecule has 25 heavy (non-hydrogen) atoms. The van der Waals surface area contributed by atoms with Crippen LogP contribution in [-0.4, -0.2) is 36.5 Å². The van der Waals surface area contributed by atoms with E-state index in [1.807, 2.05) is 11.0 Å². The van der Waals surface area contributed by atoms with E-state index < -0.39 is 0 Å². The minimum absolute atomic E-state index is 0.0759. The number of rotatable bonds is 4. The van der Waals surface area contributed by atoms with Crippen LogP contribution in [0.5, 0.6) is 0 Å². The van der Waals surface area contributed by atoms with Crippen molar-refractivity contribution in [2.75, 3.05) is 19.6 Å². The smallest absolute Gasteiger partial charge is 0.317 e. The highest BCUT2D eigenvalue weighted by atomic mass is 16.3. The number of carbonyl (C=O) groups is 2. The van der Waals surface area contributed by atoms with Crippen LogP contribution in [0.25, 0.3) is 0 Å². The van der Waals surface area contributed by atoms with Crippen molar-refractivity contribution in [1.29, 1.82) is 0 Å². The second kappa shape index (κ2) is 6.27. The molecule has 0 unspecified atom stereocenters. The maximum atomic E-state index is 12.5. The maximum Gasteiger partial charge on any atom is 0.317 e. The van der Waals surface area contributed by atoms with Crippen LogP contribution >= 0.6 is 0 Å². The van der Waals surface area contributed by atoms with Gasteiger partial charge in [0.1, 0.15) is 0 Å². The molecule has 1 aromatic carbocycles. The lowest BCUT2D eigenvalue weighted by molar-refractivity contribution is 0.0925. The Balaban J connectivity index is 1.29. The molecule has 1 fully saturated rings. The van der Waals surface area contributed by atoms with Gasteiger partial charge in [-0.2, -0.15) is 0 Å². The van der Waals surface area contributed by atoms with Crippen molar-refractivity contribution < 1.29 is 14.0 Å². The summed E-state index contributed by atoms with van der Waals surface area (Å²) in [7, 11) is 0. The Morgan fingerprint density at radius 2 is 1.88 bits per heavy atom. The van der Waals surface area contributed by atoms with E-state index in [-0.39, 0.29) is 23.1 Å². The Labute approximate surface area is 146 Å². The lowest BCUT2D eigenvalue weighted by Crippen LogP contribution is -2.48. The number of furan rings is 1. The second-order valence-electron chi connectivity index (χ2n) is 6.76. The molecule has 3 amide bonds. The molecule has 1 aliphatic heterocycles. The van der Waals surface area contributed by atoms with Crippen LogP contribution in [0.15, 0.2) is 47.1 Å². The summed E-state index contributed by atoms with van der Waals surface area (Å²) in [6.45, 7) is 2.16. The fourth-order valence-electron chi connectivity index (χ4n) is 3.56. The van der Waals surface area contributed by atoms with Gasteiger partial charge in [0.25, 0.3) is 5.91 Å². The fraction of sp³-hybridized carbons (Fsp3) is 0.368. The molecule has 6 nitrogen and oxygen atoms in total. The molecule has 1 spiro atoms. The molecule has 0 atom stereocenters. The number of nitrogens with one attached hydrogen (secondary N) is 2. The molecule has 2 N–H and O–H groups in total. The Morgan fingerprint density at radius 1 is 1.08 bits per heavy atom. The molecule has 6 heteroatoms. The number of hydrogen-bond acceptors (Lipinski definition) is 3. The third kappa shape index (κ3) is 3.12. The van der Waals surface area contributed by atoms with Gasteiger partial charge in [-0.1, -0.05) is 24.3 Å². The molecule has 2 aromatic rings. The van der Waals surface area contributed by atoms with Gasteiger partial charge in [0.05, 0.1) is 6.26 Å². The zero-order valence-electron chi connectivity index (χ0n) is 14.0. The maximum absolute atomic E-state index is 12.5. The standard InChI is InChI=1S/C19H21N3O3/c23-17(16-6-3-11-25-16)20-9-10-21-18(24)22-12-14-4-1-2-5-15(14)19(13-22)7-8-19/h1-6,11H,7-10,12-13H2,(H,20,23)(H,21,24). The largest absolute Gasteiger partial charge is 0.459 e. The van der Waals surface area contributed by atoms with E-state index in [0.717, 1.165) is 19.4 Å². The minimum Gasteiger partial charge on any atom is -0.459 e. The van der Waals surface area contributed by atoms with Crippen LogP contribution in [0.3, 0.4) is 0 Å². The van der Waals surface area contributed by atoms with Crippen molar-refractivity contribution in [3.05, 3.63) is 59.5 Å². The van der Waals surface area contributed by atoms with Crippen LogP contribution in [-0.2, 0) is 12.0 Å². The number of hydrogen-bond donors (Lipinski definition) is 2. The predicted octanol–water partition coefficient (Wildman–Crippen LogP) is 2.27. The summed E-state index contributed by atoms with van der Waals surface area (Å²) >= 11 is 0.